The molecule has 90 valence electrons. The average molecular weight is 231 g/mol. The largest absolute Gasteiger partial charge is 0.397 e. The maximum Gasteiger partial charge on any atom is 0.256 e. The lowest BCUT2D eigenvalue weighted by atomic mass is 10.0. The first-order valence-corrected chi connectivity index (χ1v) is 6.24. The molecule has 0 aromatic carbocycles. The topological polar surface area (TPSA) is 59.2 Å². The Balaban J connectivity index is 1.78. The first-order valence-electron chi connectivity index (χ1n) is 6.24. The first kappa shape index (κ1) is 10.6. The molecule has 2 N–H and O–H groups in total. The van der Waals surface area contributed by atoms with E-state index in [1.165, 1.54) is 19.3 Å². The summed E-state index contributed by atoms with van der Waals surface area (Å²) in [5, 5.41) is 0. The van der Waals surface area contributed by atoms with Crippen LogP contribution in [-0.4, -0.2) is 28.9 Å². The number of carbonyl (C=O) groups excluding carboxylic acids is 1. The van der Waals surface area contributed by atoms with Crippen LogP contribution in [0.4, 0.5) is 5.69 Å². The summed E-state index contributed by atoms with van der Waals surface area (Å²) >= 11 is 0. The molecule has 2 fully saturated rings. The molecule has 1 aliphatic carbocycles. The molecule has 0 radical (unpaired) electrons. The molecule has 17 heavy (non-hydrogen) atoms. The summed E-state index contributed by atoms with van der Waals surface area (Å²) in [6, 6.07) is 1.71. The molecule has 2 aliphatic rings. The number of fused-ring (bicyclic) bond motifs is 1. The zero-order chi connectivity index (χ0) is 11.8. The third-order valence-electron chi connectivity index (χ3n) is 4.10. The fourth-order valence-corrected chi connectivity index (χ4v) is 3.17. The highest BCUT2D eigenvalue weighted by Gasteiger charge is 2.38. The van der Waals surface area contributed by atoms with Crippen molar-refractivity contribution in [3.8, 4) is 0 Å². The molecule has 1 saturated carbocycles. The zero-order valence-corrected chi connectivity index (χ0v) is 9.80. The molecule has 2 unspecified atom stereocenters. The van der Waals surface area contributed by atoms with E-state index < -0.39 is 0 Å². The second kappa shape index (κ2) is 4.02. The van der Waals surface area contributed by atoms with Crippen LogP contribution in [0, 0.1) is 11.8 Å². The number of hydrogen-bond donors (Lipinski definition) is 1. The Labute approximate surface area is 101 Å². The van der Waals surface area contributed by atoms with Gasteiger partial charge in [-0.2, -0.15) is 0 Å². The number of carbonyl (C=O) groups is 1. The number of rotatable bonds is 1. The van der Waals surface area contributed by atoms with Gasteiger partial charge in [0, 0.05) is 19.3 Å². The van der Waals surface area contributed by atoms with Crippen LogP contribution in [0.5, 0.6) is 0 Å². The minimum atomic E-state index is 0.0688. The SMILES string of the molecule is Nc1cnccc1C(=O)N1CC2CCCC2C1. The van der Waals surface area contributed by atoms with E-state index in [1.54, 1.807) is 18.5 Å². The van der Waals surface area contributed by atoms with E-state index in [2.05, 4.69) is 4.98 Å². The molecule has 1 aliphatic heterocycles. The van der Waals surface area contributed by atoms with Crippen LogP contribution in [0.25, 0.3) is 0 Å². The molecule has 4 heteroatoms. The molecule has 0 bridgehead atoms. The van der Waals surface area contributed by atoms with Crippen molar-refractivity contribution in [2.24, 2.45) is 11.8 Å². The molecule has 0 spiro atoms. The van der Waals surface area contributed by atoms with E-state index in [0.717, 1.165) is 24.9 Å². The summed E-state index contributed by atoms with van der Waals surface area (Å²) in [7, 11) is 0. The molecule has 1 amide bonds. The average Bonchev–Trinajstić information content (AvgIpc) is 2.88. The quantitative estimate of drug-likeness (QED) is 0.797. The van der Waals surface area contributed by atoms with E-state index in [-0.39, 0.29) is 5.91 Å². The Hall–Kier alpha value is -1.58. The second-order valence-electron chi connectivity index (χ2n) is 5.12. The molecule has 1 saturated heterocycles. The lowest BCUT2D eigenvalue weighted by Crippen LogP contribution is -2.30. The van der Waals surface area contributed by atoms with Crippen LogP contribution in [0.2, 0.25) is 0 Å². The monoisotopic (exact) mass is 231 g/mol. The van der Waals surface area contributed by atoms with E-state index in [4.69, 9.17) is 5.73 Å². The number of nitrogen functional groups attached to an aromatic ring is 1. The fourth-order valence-electron chi connectivity index (χ4n) is 3.17. The summed E-state index contributed by atoms with van der Waals surface area (Å²) in [6.07, 6.45) is 7.06. The van der Waals surface area contributed by atoms with Crippen molar-refractivity contribution in [3.63, 3.8) is 0 Å². The van der Waals surface area contributed by atoms with E-state index in [9.17, 15) is 4.79 Å². The van der Waals surface area contributed by atoms with Crippen molar-refractivity contribution in [2.45, 2.75) is 19.3 Å². The van der Waals surface area contributed by atoms with Gasteiger partial charge in [-0.15, -0.1) is 0 Å². The Kier molecular flexibility index (Phi) is 2.50. The predicted octanol–water partition coefficient (Wildman–Crippen LogP) is 1.54. The lowest BCUT2D eigenvalue weighted by molar-refractivity contribution is 0.0781. The van der Waals surface area contributed by atoms with E-state index in [1.807, 2.05) is 4.90 Å². The van der Waals surface area contributed by atoms with Crippen LogP contribution in [-0.2, 0) is 0 Å². The fraction of sp³-hybridized carbons (Fsp3) is 0.538. The van der Waals surface area contributed by atoms with Crippen LogP contribution in [0.15, 0.2) is 18.5 Å². The molecule has 2 heterocycles. The van der Waals surface area contributed by atoms with Gasteiger partial charge in [-0.3, -0.25) is 9.78 Å². The van der Waals surface area contributed by atoms with Gasteiger partial charge in [0.25, 0.3) is 5.91 Å². The van der Waals surface area contributed by atoms with Gasteiger partial charge in [-0.05, 0) is 30.7 Å². The standard InChI is InChI=1S/C13H17N3O/c14-12-6-15-5-4-11(12)13(17)16-7-9-2-1-3-10(9)8-16/h4-6,9-10H,1-3,7-8,14H2. The molecular formula is C13H17N3O. The maximum atomic E-state index is 12.3. The summed E-state index contributed by atoms with van der Waals surface area (Å²) < 4.78 is 0. The third kappa shape index (κ3) is 1.77. The maximum absolute atomic E-state index is 12.3. The number of nitrogens with two attached hydrogens (primary N) is 1. The van der Waals surface area contributed by atoms with Crippen molar-refractivity contribution in [1.29, 1.82) is 0 Å². The minimum Gasteiger partial charge on any atom is -0.397 e. The van der Waals surface area contributed by atoms with Crippen molar-refractivity contribution in [1.82, 2.24) is 9.88 Å². The molecule has 2 atom stereocenters. The number of hydrogen-bond acceptors (Lipinski definition) is 3. The van der Waals surface area contributed by atoms with Crippen LogP contribution in [0.1, 0.15) is 29.6 Å². The lowest BCUT2D eigenvalue weighted by Gasteiger charge is -2.18. The van der Waals surface area contributed by atoms with E-state index in [0.29, 0.717) is 11.3 Å². The molecule has 1 aromatic rings. The summed E-state index contributed by atoms with van der Waals surface area (Å²) in [5.41, 5.74) is 6.87. The van der Waals surface area contributed by atoms with Gasteiger partial charge in [0.15, 0.2) is 0 Å². The van der Waals surface area contributed by atoms with Crippen LogP contribution >= 0.6 is 0 Å². The smallest absolute Gasteiger partial charge is 0.256 e. The van der Waals surface area contributed by atoms with Gasteiger partial charge in [-0.25, -0.2) is 0 Å². The summed E-state index contributed by atoms with van der Waals surface area (Å²) in [6.45, 7) is 1.82. The third-order valence-corrected chi connectivity index (χ3v) is 4.10. The number of aromatic nitrogens is 1. The summed E-state index contributed by atoms with van der Waals surface area (Å²) in [4.78, 5) is 18.2. The molecule has 3 rings (SSSR count). The molecule has 4 nitrogen and oxygen atoms in total. The van der Waals surface area contributed by atoms with Gasteiger partial charge >= 0.3 is 0 Å². The number of anilines is 1. The number of pyridine rings is 1. The number of likely N-dealkylation sites (tertiary alicyclic amines) is 1. The normalized spacial score (nSPS) is 27.2. The molecule has 1 aromatic heterocycles. The Bertz CT molecular complexity index is 434. The van der Waals surface area contributed by atoms with Crippen molar-refractivity contribution < 1.29 is 4.79 Å². The highest BCUT2D eigenvalue weighted by atomic mass is 16.2. The highest BCUT2D eigenvalue weighted by Crippen LogP contribution is 2.38. The van der Waals surface area contributed by atoms with Crippen molar-refractivity contribution in [2.75, 3.05) is 18.8 Å². The predicted molar refractivity (Wildman–Crippen MR) is 65.4 cm³/mol. The van der Waals surface area contributed by atoms with Gasteiger partial charge in [0.05, 0.1) is 17.4 Å². The zero-order valence-electron chi connectivity index (χ0n) is 9.80. The number of nitrogens with zero attached hydrogens (tertiary/aromatic N) is 2. The van der Waals surface area contributed by atoms with Crippen LogP contribution in [0.3, 0.4) is 0 Å². The van der Waals surface area contributed by atoms with Gasteiger partial charge < -0.3 is 10.6 Å². The Morgan fingerprint density at radius 3 is 2.71 bits per heavy atom. The van der Waals surface area contributed by atoms with E-state index >= 15 is 0 Å². The minimum absolute atomic E-state index is 0.0688. The van der Waals surface area contributed by atoms with Crippen molar-refractivity contribution >= 4 is 11.6 Å². The highest BCUT2D eigenvalue weighted by molar-refractivity contribution is 5.99. The van der Waals surface area contributed by atoms with Gasteiger partial charge in [0.2, 0.25) is 0 Å². The van der Waals surface area contributed by atoms with Crippen molar-refractivity contribution in [3.05, 3.63) is 24.0 Å². The summed E-state index contributed by atoms with van der Waals surface area (Å²) in [5.74, 6) is 1.52. The van der Waals surface area contributed by atoms with Crippen LogP contribution < -0.4 is 5.73 Å². The Morgan fingerprint density at radius 2 is 2.06 bits per heavy atom. The molecular weight excluding hydrogens is 214 g/mol. The number of amides is 1. The van der Waals surface area contributed by atoms with Gasteiger partial charge in [0.1, 0.15) is 0 Å². The van der Waals surface area contributed by atoms with Gasteiger partial charge in [-0.1, -0.05) is 6.42 Å². The second-order valence-corrected chi connectivity index (χ2v) is 5.12. The Morgan fingerprint density at radius 1 is 1.35 bits per heavy atom. The first-order chi connectivity index (χ1) is 8.25.